The number of carbonyl (C=O) groups is 1. The summed E-state index contributed by atoms with van der Waals surface area (Å²) in [6.45, 7) is 4.13. The van der Waals surface area contributed by atoms with Crippen LogP contribution in [0.15, 0.2) is 40.8 Å². The van der Waals surface area contributed by atoms with E-state index >= 15 is 0 Å². The van der Waals surface area contributed by atoms with Crippen LogP contribution in [0.3, 0.4) is 0 Å². The lowest BCUT2D eigenvalue weighted by atomic mass is 10.2. The van der Waals surface area contributed by atoms with Gasteiger partial charge in [0, 0.05) is 10.4 Å². The molecule has 0 aliphatic rings. The fourth-order valence-electron chi connectivity index (χ4n) is 2.13. The van der Waals surface area contributed by atoms with Crippen molar-refractivity contribution in [3.05, 3.63) is 57.6 Å². The van der Waals surface area contributed by atoms with Crippen molar-refractivity contribution in [3.63, 3.8) is 0 Å². The van der Waals surface area contributed by atoms with Crippen LogP contribution in [0.2, 0.25) is 0 Å². The maximum atomic E-state index is 12.1. The van der Waals surface area contributed by atoms with E-state index in [1.165, 1.54) is 11.3 Å². The molecule has 6 heteroatoms. The fourth-order valence-corrected chi connectivity index (χ4v) is 3.07. The molecule has 0 bridgehead atoms. The third-order valence-electron chi connectivity index (χ3n) is 3.13. The van der Waals surface area contributed by atoms with E-state index in [4.69, 9.17) is 4.42 Å². The van der Waals surface area contributed by atoms with Gasteiger partial charge in [-0.15, -0.1) is 21.5 Å². The van der Waals surface area contributed by atoms with E-state index in [1.54, 1.807) is 0 Å². The van der Waals surface area contributed by atoms with Gasteiger partial charge in [-0.2, -0.15) is 0 Å². The van der Waals surface area contributed by atoms with Crippen molar-refractivity contribution >= 4 is 17.2 Å². The van der Waals surface area contributed by atoms with E-state index in [1.807, 2.05) is 50.2 Å². The predicted molar refractivity (Wildman–Crippen MR) is 84.7 cm³/mol. The molecule has 0 saturated heterocycles. The molecule has 2 aromatic heterocycles. The Kier molecular flexibility index (Phi) is 4.02. The molecule has 112 valence electrons. The third kappa shape index (κ3) is 3.07. The number of amides is 1. The molecule has 1 amide bonds. The normalized spacial score (nSPS) is 10.6. The van der Waals surface area contributed by atoms with Gasteiger partial charge in [-0.25, -0.2) is 0 Å². The Labute approximate surface area is 132 Å². The number of nitrogens with zero attached hydrogens (tertiary/aromatic N) is 2. The summed E-state index contributed by atoms with van der Waals surface area (Å²) in [6, 6.07) is 11.5. The Balaban J connectivity index is 1.66. The van der Waals surface area contributed by atoms with Crippen LogP contribution in [-0.2, 0) is 6.54 Å². The first kappa shape index (κ1) is 14.5. The van der Waals surface area contributed by atoms with Crippen LogP contribution in [0.5, 0.6) is 0 Å². The second-order valence-electron chi connectivity index (χ2n) is 4.92. The van der Waals surface area contributed by atoms with Crippen LogP contribution in [0.25, 0.3) is 11.5 Å². The van der Waals surface area contributed by atoms with Gasteiger partial charge in [0.2, 0.25) is 11.8 Å². The summed E-state index contributed by atoms with van der Waals surface area (Å²) in [7, 11) is 0. The number of rotatable bonds is 4. The van der Waals surface area contributed by atoms with Crippen LogP contribution in [0, 0.1) is 13.8 Å². The molecule has 1 aromatic carbocycles. The molecule has 2 heterocycles. The van der Waals surface area contributed by atoms with E-state index in [0.717, 1.165) is 20.9 Å². The van der Waals surface area contributed by atoms with Gasteiger partial charge in [-0.3, -0.25) is 4.79 Å². The Hall–Kier alpha value is -2.47. The Bertz CT molecular complexity index is 793. The first-order valence-corrected chi connectivity index (χ1v) is 7.68. The number of thiophene rings is 1. The zero-order valence-corrected chi connectivity index (χ0v) is 13.1. The maximum Gasteiger partial charge on any atom is 0.262 e. The molecule has 0 spiro atoms. The summed E-state index contributed by atoms with van der Waals surface area (Å²) in [4.78, 5) is 14.0. The van der Waals surface area contributed by atoms with Crippen molar-refractivity contribution in [1.82, 2.24) is 15.5 Å². The molecule has 0 aliphatic carbocycles. The molecule has 3 aromatic rings. The number of hydrogen-bond acceptors (Lipinski definition) is 5. The molecule has 0 saturated carbocycles. The topological polar surface area (TPSA) is 68.0 Å². The quantitative estimate of drug-likeness (QED) is 0.802. The van der Waals surface area contributed by atoms with E-state index < -0.39 is 0 Å². The van der Waals surface area contributed by atoms with Crippen molar-refractivity contribution in [2.45, 2.75) is 20.4 Å². The lowest BCUT2D eigenvalue weighted by molar-refractivity contribution is 0.0951. The van der Waals surface area contributed by atoms with Gasteiger partial charge < -0.3 is 9.73 Å². The predicted octanol–water partition coefficient (Wildman–Crippen LogP) is 3.34. The van der Waals surface area contributed by atoms with Crippen molar-refractivity contribution in [1.29, 1.82) is 0 Å². The zero-order valence-electron chi connectivity index (χ0n) is 12.3. The monoisotopic (exact) mass is 313 g/mol. The van der Waals surface area contributed by atoms with Gasteiger partial charge in [0.05, 0.1) is 11.4 Å². The molecule has 0 unspecified atom stereocenters. The summed E-state index contributed by atoms with van der Waals surface area (Å²) in [5.41, 5.74) is 1.84. The second-order valence-corrected chi connectivity index (χ2v) is 6.18. The highest BCUT2D eigenvalue weighted by Crippen LogP contribution is 2.21. The first-order chi connectivity index (χ1) is 10.6. The third-order valence-corrected chi connectivity index (χ3v) is 4.29. The van der Waals surface area contributed by atoms with E-state index in [2.05, 4.69) is 15.5 Å². The van der Waals surface area contributed by atoms with Crippen LogP contribution >= 0.6 is 11.3 Å². The number of aryl methyl sites for hydroxylation is 2. The molecule has 0 fully saturated rings. The Morgan fingerprint density at radius 3 is 2.68 bits per heavy atom. The maximum absolute atomic E-state index is 12.1. The number of nitrogens with one attached hydrogen (secondary N) is 1. The summed E-state index contributed by atoms with van der Waals surface area (Å²) in [6.07, 6.45) is 0. The summed E-state index contributed by atoms with van der Waals surface area (Å²) >= 11 is 1.48. The van der Waals surface area contributed by atoms with E-state index in [-0.39, 0.29) is 12.5 Å². The number of benzene rings is 1. The van der Waals surface area contributed by atoms with Crippen LogP contribution in [0.4, 0.5) is 0 Å². The van der Waals surface area contributed by atoms with Gasteiger partial charge in [-0.05, 0) is 37.6 Å². The van der Waals surface area contributed by atoms with E-state index in [0.29, 0.717) is 11.8 Å². The number of aromatic nitrogens is 2. The highest BCUT2D eigenvalue weighted by molar-refractivity contribution is 7.14. The standard InChI is InChI=1S/C16H15N3O2S/c1-10-8-11(2)22-14(10)15(20)17-9-13-18-19-16(21-13)12-6-4-3-5-7-12/h3-8H,9H2,1-2H3,(H,17,20). The molecular formula is C16H15N3O2S. The summed E-state index contributed by atoms with van der Waals surface area (Å²) in [5, 5.41) is 10.8. The summed E-state index contributed by atoms with van der Waals surface area (Å²) < 4.78 is 5.56. The van der Waals surface area contributed by atoms with Crippen molar-refractivity contribution in [3.8, 4) is 11.5 Å². The molecule has 3 rings (SSSR count). The van der Waals surface area contributed by atoms with Crippen molar-refractivity contribution in [2.75, 3.05) is 0 Å². The minimum absolute atomic E-state index is 0.116. The van der Waals surface area contributed by atoms with Crippen LogP contribution in [-0.4, -0.2) is 16.1 Å². The fraction of sp³-hybridized carbons (Fsp3) is 0.188. The molecular weight excluding hydrogens is 298 g/mol. The molecule has 0 radical (unpaired) electrons. The van der Waals surface area contributed by atoms with Gasteiger partial charge in [0.25, 0.3) is 5.91 Å². The molecule has 22 heavy (non-hydrogen) atoms. The van der Waals surface area contributed by atoms with Crippen molar-refractivity contribution in [2.24, 2.45) is 0 Å². The van der Waals surface area contributed by atoms with Gasteiger partial charge in [-0.1, -0.05) is 18.2 Å². The SMILES string of the molecule is Cc1cc(C)c(C(=O)NCc2nnc(-c3ccccc3)o2)s1. The Morgan fingerprint density at radius 1 is 1.23 bits per heavy atom. The van der Waals surface area contributed by atoms with Crippen molar-refractivity contribution < 1.29 is 9.21 Å². The lowest BCUT2D eigenvalue weighted by Gasteiger charge is -2.01. The highest BCUT2D eigenvalue weighted by atomic mass is 32.1. The molecule has 0 atom stereocenters. The second kappa shape index (κ2) is 6.11. The minimum atomic E-state index is -0.116. The minimum Gasteiger partial charge on any atom is -0.419 e. The average Bonchev–Trinajstić information content (AvgIpc) is 3.12. The number of hydrogen-bond donors (Lipinski definition) is 1. The Morgan fingerprint density at radius 2 is 2.00 bits per heavy atom. The van der Waals surface area contributed by atoms with Gasteiger partial charge in [0.15, 0.2) is 0 Å². The molecule has 5 nitrogen and oxygen atoms in total. The molecule has 1 N–H and O–H groups in total. The van der Waals surface area contributed by atoms with Gasteiger partial charge >= 0.3 is 0 Å². The highest BCUT2D eigenvalue weighted by Gasteiger charge is 2.14. The van der Waals surface area contributed by atoms with E-state index in [9.17, 15) is 4.79 Å². The van der Waals surface area contributed by atoms with Gasteiger partial charge in [0.1, 0.15) is 0 Å². The smallest absolute Gasteiger partial charge is 0.262 e. The zero-order chi connectivity index (χ0) is 15.5. The summed E-state index contributed by atoms with van der Waals surface area (Å²) in [5.74, 6) is 0.723. The first-order valence-electron chi connectivity index (χ1n) is 6.86. The average molecular weight is 313 g/mol. The lowest BCUT2D eigenvalue weighted by Crippen LogP contribution is -2.22. The molecule has 0 aliphatic heterocycles. The van der Waals surface area contributed by atoms with Crippen LogP contribution < -0.4 is 5.32 Å². The largest absolute Gasteiger partial charge is 0.419 e. The van der Waals surface area contributed by atoms with Crippen LogP contribution in [0.1, 0.15) is 26.0 Å². The number of carbonyl (C=O) groups excluding carboxylic acids is 1.